The Bertz CT molecular complexity index is 1160. The molecule has 142 valence electrons. The Labute approximate surface area is 161 Å². The monoisotopic (exact) mass is 377 g/mol. The Kier molecular flexibility index (Phi) is 4.69. The summed E-state index contributed by atoms with van der Waals surface area (Å²) >= 11 is 0. The number of rotatable bonds is 5. The molecule has 5 nitrogen and oxygen atoms in total. The Hall–Kier alpha value is -3.41. The summed E-state index contributed by atoms with van der Waals surface area (Å²) < 4.78 is 19.0. The van der Waals surface area contributed by atoms with Gasteiger partial charge >= 0.3 is 0 Å². The number of nitrogens with zero attached hydrogens (tertiary/aromatic N) is 1. The third-order valence-electron chi connectivity index (χ3n) is 4.60. The molecule has 0 saturated carbocycles. The van der Waals surface area contributed by atoms with Gasteiger partial charge in [0.25, 0.3) is 0 Å². The zero-order chi connectivity index (χ0) is 19.7. The number of hydrogen-bond acceptors (Lipinski definition) is 3. The minimum absolute atomic E-state index is 0.107. The maximum atomic E-state index is 13.4. The minimum Gasteiger partial charge on any atom is -0.441 e. The number of aromatic amines is 1. The van der Waals surface area contributed by atoms with Crippen molar-refractivity contribution in [1.82, 2.24) is 15.3 Å². The van der Waals surface area contributed by atoms with E-state index in [4.69, 9.17) is 4.42 Å². The van der Waals surface area contributed by atoms with E-state index in [0.29, 0.717) is 29.5 Å². The summed E-state index contributed by atoms with van der Waals surface area (Å²) in [7, 11) is 0. The van der Waals surface area contributed by atoms with E-state index >= 15 is 0 Å². The summed E-state index contributed by atoms with van der Waals surface area (Å²) in [5, 5.41) is 4.04. The highest BCUT2D eigenvalue weighted by molar-refractivity contribution is 5.82. The fraction of sp³-hybridized carbons (Fsp3) is 0.182. The van der Waals surface area contributed by atoms with Gasteiger partial charge in [0.15, 0.2) is 0 Å². The maximum absolute atomic E-state index is 13.4. The number of benzene rings is 2. The summed E-state index contributed by atoms with van der Waals surface area (Å²) in [5.41, 5.74) is 4.30. The number of carbonyl (C=O) groups excluding carboxylic acids is 1. The van der Waals surface area contributed by atoms with Gasteiger partial charge in [-0.2, -0.15) is 0 Å². The van der Waals surface area contributed by atoms with E-state index in [1.54, 1.807) is 19.1 Å². The van der Waals surface area contributed by atoms with Crippen molar-refractivity contribution in [3.05, 3.63) is 77.1 Å². The van der Waals surface area contributed by atoms with Crippen LogP contribution in [0.3, 0.4) is 0 Å². The molecule has 0 aliphatic carbocycles. The standard InChI is InChI=1S/C22H20FN3O2/c1-13-8-17-9-15(6-7-19(17)25-13)12-24-21(27)11-20-14(2)28-22(26-20)16-4-3-5-18(23)10-16/h3-10,25H,11-12H2,1-2H3,(H,24,27). The van der Waals surface area contributed by atoms with Crippen molar-refractivity contribution in [3.63, 3.8) is 0 Å². The average Bonchev–Trinajstić information content (AvgIpc) is 3.21. The SMILES string of the molecule is Cc1cc2cc(CNC(=O)Cc3nc(-c4cccc(F)c4)oc3C)ccc2[nH]1. The lowest BCUT2D eigenvalue weighted by Gasteiger charge is -2.05. The first-order valence-electron chi connectivity index (χ1n) is 9.05. The summed E-state index contributed by atoms with van der Waals surface area (Å²) in [4.78, 5) is 20.0. The van der Waals surface area contributed by atoms with Gasteiger partial charge in [-0.25, -0.2) is 9.37 Å². The van der Waals surface area contributed by atoms with Crippen LogP contribution < -0.4 is 5.32 Å². The van der Waals surface area contributed by atoms with E-state index in [2.05, 4.69) is 27.4 Å². The highest BCUT2D eigenvalue weighted by Crippen LogP contribution is 2.22. The molecule has 0 radical (unpaired) electrons. The Balaban J connectivity index is 1.42. The van der Waals surface area contributed by atoms with Gasteiger partial charge in [0.2, 0.25) is 11.8 Å². The molecule has 6 heteroatoms. The van der Waals surface area contributed by atoms with Gasteiger partial charge in [-0.1, -0.05) is 12.1 Å². The van der Waals surface area contributed by atoms with Gasteiger partial charge in [-0.05, 0) is 61.2 Å². The molecule has 0 aliphatic rings. The van der Waals surface area contributed by atoms with Gasteiger partial charge < -0.3 is 14.7 Å². The van der Waals surface area contributed by atoms with Crippen molar-refractivity contribution in [1.29, 1.82) is 0 Å². The van der Waals surface area contributed by atoms with Crippen molar-refractivity contribution >= 4 is 16.8 Å². The lowest BCUT2D eigenvalue weighted by Crippen LogP contribution is -2.24. The normalized spacial score (nSPS) is 11.1. The van der Waals surface area contributed by atoms with Crippen LogP contribution in [0.25, 0.3) is 22.4 Å². The Morgan fingerprint density at radius 1 is 1.18 bits per heavy atom. The first-order valence-corrected chi connectivity index (χ1v) is 9.05. The molecule has 0 spiro atoms. The lowest BCUT2D eigenvalue weighted by molar-refractivity contribution is -0.120. The molecule has 0 saturated heterocycles. The molecule has 2 heterocycles. The van der Waals surface area contributed by atoms with Crippen LogP contribution >= 0.6 is 0 Å². The molecule has 2 N–H and O–H groups in total. The summed E-state index contributed by atoms with van der Waals surface area (Å²) in [6, 6.07) is 14.2. The van der Waals surface area contributed by atoms with Gasteiger partial charge in [-0.3, -0.25) is 4.79 Å². The molecular formula is C22H20FN3O2. The molecule has 0 aliphatic heterocycles. The van der Waals surface area contributed by atoms with E-state index in [-0.39, 0.29) is 18.1 Å². The third kappa shape index (κ3) is 3.81. The number of fused-ring (bicyclic) bond motifs is 1. The smallest absolute Gasteiger partial charge is 0.226 e. The fourth-order valence-corrected chi connectivity index (χ4v) is 3.19. The van der Waals surface area contributed by atoms with E-state index < -0.39 is 0 Å². The number of aryl methyl sites for hydroxylation is 2. The number of H-pyrrole nitrogens is 1. The highest BCUT2D eigenvalue weighted by Gasteiger charge is 2.15. The molecular weight excluding hydrogens is 357 g/mol. The molecule has 4 aromatic rings. The second-order valence-corrected chi connectivity index (χ2v) is 6.86. The largest absolute Gasteiger partial charge is 0.441 e. The lowest BCUT2D eigenvalue weighted by atomic mass is 10.1. The second-order valence-electron chi connectivity index (χ2n) is 6.86. The molecule has 0 fully saturated rings. The summed E-state index contributed by atoms with van der Waals surface area (Å²) in [5.74, 6) is 0.362. The first-order chi connectivity index (χ1) is 13.5. The topological polar surface area (TPSA) is 70.9 Å². The fourth-order valence-electron chi connectivity index (χ4n) is 3.19. The summed E-state index contributed by atoms with van der Waals surface area (Å²) in [6.07, 6.45) is 0.107. The molecule has 4 rings (SSSR count). The molecule has 28 heavy (non-hydrogen) atoms. The van der Waals surface area contributed by atoms with Crippen molar-refractivity contribution in [2.45, 2.75) is 26.8 Å². The zero-order valence-corrected chi connectivity index (χ0v) is 15.7. The molecule has 0 atom stereocenters. The van der Waals surface area contributed by atoms with Crippen LogP contribution in [0.1, 0.15) is 22.7 Å². The minimum atomic E-state index is -0.359. The number of oxazole rings is 1. The van der Waals surface area contributed by atoms with Gasteiger partial charge in [0, 0.05) is 23.3 Å². The number of halogens is 1. The predicted molar refractivity (Wildman–Crippen MR) is 105 cm³/mol. The van der Waals surface area contributed by atoms with Crippen LogP contribution in [0.5, 0.6) is 0 Å². The van der Waals surface area contributed by atoms with Crippen LogP contribution in [0.4, 0.5) is 4.39 Å². The third-order valence-corrected chi connectivity index (χ3v) is 4.60. The highest BCUT2D eigenvalue weighted by atomic mass is 19.1. The number of hydrogen-bond donors (Lipinski definition) is 2. The quantitative estimate of drug-likeness (QED) is 0.540. The number of amides is 1. The Morgan fingerprint density at radius 2 is 2.04 bits per heavy atom. The van der Waals surface area contributed by atoms with Crippen LogP contribution in [0.2, 0.25) is 0 Å². The predicted octanol–water partition coefficient (Wildman–Crippen LogP) is 4.44. The van der Waals surface area contributed by atoms with E-state index in [9.17, 15) is 9.18 Å². The number of carbonyl (C=O) groups is 1. The van der Waals surface area contributed by atoms with Crippen LogP contribution in [0, 0.1) is 19.7 Å². The van der Waals surface area contributed by atoms with E-state index in [1.807, 2.05) is 19.1 Å². The number of nitrogens with one attached hydrogen (secondary N) is 2. The molecule has 1 amide bonds. The van der Waals surface area contributed by atoms with Gasteiger partial charge in [-0.15, -0.1) is 0 Å². The van der Waals surface area contributed by atoms with Crippen LogP contribution in [-0.4, -0.2) is 15.9 Å². The first kappa shape index (κ1) is 18.0. The number of aromatic nitrogens is 2. The van der Waals surface area contributed by atoms with Crippen molar-refractivity contribution in [2.24, 2.45) is 0 Å². The molecule has 0 unspecified atom stereocenters. The van der Waals surface area contributed by atoms with Crippen molar-refractivity contribution < 1.29 is 13.6 Å². The summed E-state index contributed by atoms with van der Waals surface area (Å²) in [6.45, 7) is 4.20. The van der Waals surface area contributed by atoms with Gasteiger partial charge in [0.05, 0.1) is 12.1 Å². The molecule has 0 bridgehead atoms. The molecule has 2 aromatic heterocycles. The van der Waals surface area contributed by atoms with Crippen molar-refractivity contribution in [2.75, 3.05) is 0 Å². The van der Waals surface area contributed by atoms with Crippen LogP contribution in [0.15, 0.2) is 52.9 Å². The van der Waals surface area contributed by atoms with Crippen molar-refractivity contribution in [3.8, 4) is 11.5 Å². The van der Waals surface area contributed by atoms with E-state index in [1.165, 1.54) is 12.1 Å². The molecule has 2 aromatic carbocycles. The van der Waals surface area contributed by atoms with E-state index in [0.717, 1.165) is 22.2 Å². The average molecular weight is 377 g/mol. The second kappa shape index (κ2) is 7.31. The zero-order valence-electron chi connectivity index (χ0n) is 15.7. The van der Waals surface area contributed by atoms with Gasteiger partial charge in [0.1, 0.15) is 11.6 Å². The maximum Gasteiger partial charge on any atom is 0.226 e. The van der Waals surface area contributed by atoms with Crippen LogP contribution in [-0.2, 0) is 17.8 Å². The Morgan fingerprint density at radius 3 is 2.86 bits per heavy atom.